The molecule has 0 atom stereocenters. The van der Waals surface area contributed by atoms with E-state index in [-0.39, 0.29) is 16.4 Å². The van der Waals surface area contributed by atoms with Gasteiger partial charge in [0.1, 0.15) is 11.5 Å². The molecule has 7 nitrogen and oxygen atoms in total. The largest absolute Gasteiger partial charge is 0.460 e. The van der Waals surface area contributed by atoms with Crippen molar-refractivity contribution in [1.29, 1.82) is 0 Å². The first kappa shape index (κ1) is 21.8. The minimum Gasteiger partial charge on any atom is -0.460 e. The van der Waals surface area contributed by atoms with Crippen molar-refractivity contribution < 1.29 is 18.7 Å². The van der Waals surface area contributed by atoms with Crippen molar-refractivity contribution in [3.05, 3.63) is 75.6 Å². The van der Waals surface area contributed by atoms with Gasteiger partial charge >= 0.3 is 5.97 Å². The summed E-state index contributed by atoms with van der Waals surface area (Å²) in [6.07, 6.45) is 0. The molecule has 4 rings (SSSR count). The average Bonchev–Trinajstić information content (AvgIpc) is 3.21. The van der Waals surface area contributed by atoms with E-state index in [2.05, 4.69) is 15.3 Å². The molecule has 0 radical (unpaired) electrons. The number of para-hydroxylation sites is 1. The molecule has 1 amide bonds. The number of nitrogens with zero attached hydrogens (tertiary/aromatic N) is 2. The van der Waals surface area contributed by atoms with Gasteiger partial charge in [0.2, 0.25) is 0 Å². The fourth-order valence-electron chi connectivity index (χ4n) is 3.07. The van der Waals surface area contributed by atoms with Crippen molar-refractivity contribution in [3.63, 3.8) is 0 Å². The topological polar surface area (TPSA) is 94.3 Å². The number of fused-ring (bicyclic) bond motifs is 1. The van der Waals surface area contributed by atoms with Gasteiger partial charge in [0.15, 0.2) is 18.2 Å². The molecule has 3 heterocycles. The summed E-state index contributed by atoms with van der Waals surface area (Å²) in [5.74, 6) is 0.128. The molecule has 32 heavy (non-hydrogen) atoms. The van der Waals surface area contributed by atoms with E-state index in [0.29, 0.717) is 33.1 Å². The second kappa shape index (κ2) is 8.98. The number of aryl methyl sites for hydroxylation is 2. The van der Waals surface area contributed by atoms with Crippen LogP contribution in [-0.4, -0.2) is 28.5 Å². The van der Waals surface area contributed by atoms with Crippen LogP contribution in [0.2, 0.25) is 10.0 Å². The maximum atomic E-state index is 12.9. The fourth-order valence-corrected chi connectivity index (χ4v) is 3.47. The summed E-state index contributed by atoms with van der Waals surface area (Å²) in [7, 11) is 0. The van der Waals surface area contributed by atoms with Crippen molar-refractivity contribution in [1.82, 2.24) is 9.97 Å². The monoisotopic (exact) mass is 469 g/mol. The molecule has 0 spiro atoms. The van der Waals surface area contributed by atoms with Gasteiger partial charge in [-0.1, -0.05) is 41.4 Å². The van der Waals surface area contributed by atoms with Crippen LogP contribution in [0, 0.1) is 13.8 Å². The summed E-state index contributed by atoms with van der Waals surface area (Å²) in [5.41, 5.74) is 1.86. The maximum Gasteiger partial charge on any atom is 0.339 e. The third kappa shape index (κ3) is 4.59. The van der Waals surface area contributed by atoms with Gasteiger partial charge in [-0.25, -0.2) is 14.8 Å². The van der Waals surface area contributed by atoms with Gasteiger partial charge in [0, 0.05) is 5.39 Å². The second-order valence-electron chi connectivity index (χ2n) is 6.99. The number of aromatic nitrogens is 2. The van der Waals surface area contributed by atoms with Crippen LogP contribution >= 0.6 is 23.2 Å². The van der Waals surface area contributed by atoms with Crippen LogP contribution in [0.15, 0.2) is 52.9 Å². The van der Waals surface area contributed by atoms with Crippen LogP contribution in [-0.2, 0) is 9.53 Å². The molecule has 1 aromatic carbocycles. The minimum absolute atomic E-state index is 0.138. The standard InChI is InChI=1S/C23H17Cl2N3O4/c1-12-7-8-20(32-12)19-9-15(14-5-3-4-6-18(14)27-19)23(30)31-11-21(29)28-22-17(25)10-16(24)13(2)26-22/h3-10H,11H2,1-2H3,(H,26,28,29). The molecule has 4 aromatic rings. The normalized spacial score (nSPS) is 10.9. The highest BCUT2D eigenvalue weighted by Gasteiger charge is 2.18. The number of hydrogen-bond acceptors (Lipinski definition) is 6. The zero-order valence-electron chi connectivity index (χ0n) is 17.1. The van der Waals surface area contributed by atoms with Gasteiger partial charge in [-0.05, 0) is 44.2 Å². The maximum absolute atomic E-state index is 12.9. The smallest absolute Gasteiger partial charge is 0.339 e. The molecule has 162 valence electrons. The lowest BCUT2D eigenvalue weighted by Crippen LogP contribution is -2.22. The van der Waals surface area contributed by atoms with E-state index >= 15 is 0 Å². The van der Waals surface area contributed by atoms with Crippen LogP contribution in [0.3, 0.4) is 0 Å². The van der Waals surface area contributed by atoms with Gasteiger partial charge in [-0.2, -0.15) is 0 Å². The summed E-state index contributed by atoms with van der Waals surface area (Å²) < 4.78 is 10.9. The van der Waals surface area contributed by atoms with E-state index in [1.54, 1.807) is 37.3 Å². The summed E-state index contributed by atoms with van der Waals surface area (Å²) in [6, 6.07) is 13.8. The van der Waals surface area contributed by atoms with E-state index in [9.17, 15) is 9.59 Å². The van der Waals surface area contributed by atoms with E-state index in [1.165, 1.54) is 6.07 Å². The molecule has 0 unspecified atom stereocenters. The van der Waals surface area contributed by atoms with Gasteiger partial charge in [0.25, 0.3) is 5.91 Å². The lowest BCUT2D eigenvalue weighted by Gasteiger charge is -2.10. The molecular formula is C23H17Cl2N3O4. The molecule has 0 bridgehead atoms. The van der Waals surface area contributed by atoms with Crippen molar-refractivity contribution in [2.75, 3.05) is 11.9 Å². The number of hydrogen-bond donors (Lipinski definition) is 1. The number of carbonyl (C=O) groups excluding carboxylic acids is 2. The summed E-state index contributed by atoms with van der Waals surface area (Å²) in [4.78, 5) is 33.8. The van der Waals surface area contributed by atoms with Crippen LogP contribution in [0.5, 0.6) is 0 Å². The Morgan fingerprint density at radius 2 is 1.81 bits per heavy atom. The minimum atomic E-state index is -0.672. The number of carbonyl (C=O) groups is 2. The quantitative estimate of drug-likeness (QED) is 0.381. The molecule has 1 N–H and O–H groups in total. The number of anilines is 1. The highest BCUT2D eigenvalue weighted by atomic mass is 35.5. The van der Waals surface area contributed by atoms with Crippen molar-refractivity contribution in [2.45, 2.75) is 13.8 Å². The number of esters is 1. The van der Waals surface area contributed by atoms with Crippen LogP contribution in [0.4, 0.5) is 5.82 Å². The van der Waals surface area contributed by atoms with Crippen molar-refractivity contribution >= 4 is 51.8 Å². The van der Waals surface area contributed by atoms with Gasteiger partial charge in [0.05, 0.1) is 26.8 Å². The number of nitrogens with one attached hydrogen (secondary N) is 1. The highest BCUT2D eigenvalue weighted by molar-refractivity contribution is 6.36. The third-order valence-electron chi connectivity index (χ3n) is 4.63. The number of ether oxygens (including phenoxy) is 1. The molecule has 3 aromatic heterocycles. The molecular weight excluding hydrogens is 453 g/mol. The third-order valence-corrected chi connectivity index (χ3v) is 5.30. The first-order chi connectivity index (χ1) is 15.3. The lowest BCUT2D eigenvalue weighted by molar-refractivity contribution is -0.119. The molecule has 0 saturated heterocycles. The molecule has 0 aliphatic heterocycles. The highest BCUT2D eigenvalue weighted by Crippen LogP contribution is 2.27. The van der Waals surface area contributed by atoms with Gasteiger partial charge < -0.3 is 14.5 Å². The predicted molar refractivity (Wildman–Crippen MR) is 122 cm³/mol. The lowest BCUT2D eigenvalue weighted by atomic mass is 10.1. The van der Waals surface area contributed by atoms with Gasteiger partial charge in [-0.15, -0.1) is 0 Å². The summed E-state index contributed by atoms with van der Waals surface area (Å²) in [6.45, 7) is 2.98. The molecule has 0 saturated carbocycles. The summed E-state index contributed by atoms with van der Waals surface area (Å²) in [5, 5.41) is 3.68. The molecule has 9 heteroatoms. The zero-order chi connectivity index (χ0) is 22.8. The van der Waals surface area contributed by atoms with Crippen LogP contribution in [0.25, 0.3) is 22.4 Å². The van der Waals surface area contributed by atoms with E-state index in [1.807, 2.05) is 19.1 Å². The van der Waals surface area contributed by atoms with Crippen molar-refractivity contribution in [2.24, 2.45) is 0 Å². The summed E-state index contributed by atoms with van der Waals surface area (Å²) >= 11 is 12.0. The SMILES string of the molecule is Cc1ccc(-c2cc(C(=O)OCC(=O)Nc3nc(C)c(Cl)cc3Cl)c3ccccc3n2)o1. The average molecular weight is 470 g/mol. The number of amides is 1. The van der Waals surface area contributed by atoms with E-state index < -0.39 is 18.5 Å². The fraction of sp³-hybridized carbons (Fsp3) is 0.130. The Bertz CT molecular complexity index is 1350. The number of halogens is 2. The Hall–Kier alpha value is -3.42. The van der Waals surface area contributed by atoms with Crippen LogP contribution in [0.1, 0.15) is 21.8 Å². The number of furan rings is 1. The van der Waals surface area contributed by atoms with Gasteiger partial charge in [-0.3, -0.25) is 4.79 Å². The Morgan fingerprint density at radius 1 is 1.03 bits per heavy atom. The number of benzene rings is 1. The van der Waals surface area contributed by atoms with Crippen molar-refractivity contribution in [3.8, 4) is 11.5 Å². The Balaban J connectivity index is 1.55. The Kier molecular flexibility index (Phi) is 6.12. The number of pyridine rings is 2. The molecule has 0 fully saturated rings. The number of rotatable bonds is 5. The molecule has 0 aliphatic rings. The first-order valence-electron chi connectivity index (χ1n) is 9.58. The molecule has 0 aliphatic carbocycles. The van der Waals surface area contributed by atoms with E-state index in [4.69, 9.17) is 32.4 Å². The first-order valence-corrected chi connectivity index (χ1v) is 10.3. The predicted octanol–water partition coefficient (Wildman–Crippen LogP) is 5.61. The Labute approximate surface area is 193 Å². The Morgan fingerprint density at radius 3 is 2.56 bits per heavy atom. The van der Waals surface area contributed by atoms with E-state index in [0.717, 1.165) is 5.76 Å². The van der Waals surface area contributed by atoms with Crippen LogP contribution < -0.4 is 5.32 Å². The second-order valence-corrected chi connectivity index (χ2v) is 7.81. The zero-order valence-corrected chi connectivity index (χ0v) is 18.6.